The minimum atomic E-state index is -0.302. The predicted octanol–water partition coefficient (Wildman–Crippen LogP) is 2.68. The molecule has 2 aromatic rings. The van der Waals surface area contributed by atoms with Gasteiger partial charge in [-0.1, -0.05) is 18.2 Å². The Morgan fingerprint density at radius 3 is 2.75 bits per heavy atom. The van der Waals surface area contributed by atoms with E-state index in [1.165, 1.54) is 12.1 Å². The fraction of sp³-hybridized carbons (Fsp3) is 0. The summed E-state index contributed by atoms with van der Waals surface area (Å²) in [5, 5.41) is 10.3. The van der Waals surface area contributed by atoms with Gasteiger partial charge in [0, 0.05) is 5.39 Å². The van der Waals surface area contributed by atoms with E-state index < -0.39 is 0 Å². The molecule has 1 nitrogen and oxygen atoms in total. The van der Waals surface area contributed by atoms with Crippen molar-refractivity contribution < 1.29 is 9.50 Å². The first-order valence-electron chi connectivity index (χ1n) is 3.64. The molecule has 0 unspecified atom stereocenters. The number of benzene rings is 2. The minimum absolute atomic E-state index is 0.0904. The van der Waals surface area contributed by atoms with Gasteiger partial charge in [0.25, 0.3) is 0 Å². The third-order valence-corrected chi connectivity index (χ3v) is 1.81. The molecule has 0 spiro atoms. The Balaban J connectivity index is 2.88. The molecule has 0 radical (unpaired) electrons. The van der Waals surface area contributed by atoms with Crippen LogP contribution in [-0.2, 0) is 0 Å². The molecule has 2 rings (SSSR count). The van der Waals surface area contributed by atoms with E-state index in [0.29, 0.717) is 5.39 Å². The van der Waals surface area contributed by atoms with Crippen molar-refractivity contribution in [2.75, 3.05) is 0 Å². The van der Waals surface area contributed by atoms with E-state index in [9.17, 15) is 4.39 Å². The molecule has 0 atom stereocenters. The highest BCUT2D eigenvalue weighted by atomic mass is 19.1. The first-order valence-corrected chi connectivity index (χ1v) is 3.64. The van der Waals surface area contributed by atoms with Gasteiger partial charge in [0.15, 0.2) is 0 Å². The Bertz CT molecular complexity index is 423. The Morgan fingerprint density at radius 2 is 1.92 bits per heavy atom. The van der Waals surface area contributed by atoms with E-state index in [1.54, 1.807) is 24.3 Å². The number of rotatable bonds is 0. The number of aromatic hydroxyl groups is 1. The summed E-state index contributed by atoms with van der Waals surface area (Å²) in [6.07, 6.45) is 0. The zero-order valence-corrected chi connectivity index (χ0v) is 6.29. The maximum absolute atomic E-state index is 13.1. The van der Waals surface area contributed by atoms with Gasteiger partial charge in [0.05, 0.1) is 0 Å². The summed E-state index contributed by atoms with van der Waals surface area (Å²) < 4.78 is 13.1. The predicted molar refractivity (Wildman–Crippen MR) is 45.6 cm³/mol. The van der Waals surface area contributed by atoms with E-state index >= 15 is 0 Å². The summed E-state index contributed by atoms with van der Waals surface area (Å²) >= 11 is 0. The average Bonchev–Trinajstić information content (AvgIpc) is 2.07. The van der Waals surface area contributed by atoms with Crippen LogP contribution >= 0.6 is 0 Å². The van der Waals surface area contributed by atoms with Crippen LogP contribution < -0.4 is 0 Å². The summed E-state index contributed by atoms with van der Waals surface area (Å²) in [4.78, 5) is 0. The monoisotopic (exact) mass is 162 g/mol. The van der Waals surface area contributed by atoms with Gasteiger partial charge in [-0.2, -0.15) is 0 Å². The Kier molecular flexibility index (Phi) is 1.47. The van der Waals surface area contributed by atoms with E-state index in [4.69, 9.17) is 5.11 Å². The lowest BCUT2D eigenvalue weighted by molar-refractivity contribution is 0.476. The van der Waals surface area contributed by atoms with Crippen molar-refractivity contribution in [1.82, 2.24) is 0 Å². The van der Waals surface area contributed by atoms with Gasteiger partial charge in [-0.25, -0.2) is 4.39 Å². The molecule has 0 aliphatic rings. The normalized spacial score (nSPS) is 10.4. The van der Waals surface area contributed by atoms with Crippen molar-refractivity contribution in [3.05, 3.63) is 42.2 Å². The summed E-state index contributed by atoms with van der Waals surface area (Å²) in [6, 6.07) is 9.48. The molecule has 0 saturated carbocycles. The van der Waals surface area contributed by atoms with E-state index in [1.807, 2.05) is 0 Å². The molecular formula is C10H7FO. The quantitative estimate of drug-likeness (QED) is 0.631. The van der Waals surface area contributed by atoms with Crippen molar-refractivity contribution >= 4 is 10.8 Å². The lowest BCUT2D eigenvalue weighted by atomic mass is 10.1. The van der Waals surface area contributed by atoms with Crippen molar-refractivity contribution in [2.45, 2.75) is 0 Å². The maximum Gasteiger partial charge on any atom is 0.131 e. The highest BCUT2D eigenvalue weighted by Gasteiger charge is 1.99. The summed E-state index contributed by atoms with van der Waals surface area (Å²) in [5.41, 5.74) is 0. The van der Waals surface area contributed by atoms with Crippen LogP contribution in [0.25, 0.3) is 10.8 Å². The van der Waals surface area contributed by atoms with Crippen LogP contribution in [0.2, 0.25) is 0 Å². The second-order valence-corrected chi connectivity index (χ2v) is 2.65. The van der Waals surface area contributed by atoms with Gasteiger partial charge in [-0.3, -0.25) is 0 Å². The SMILES string of the molecule is Oc1ccc2cccc(F)c2c1. The molecule has 0 saturated heterocycles. The van der Waals surface area contributed by atoms with E-state index in [-0.39, 0.29) is 11.6 Å². The number of fused-ring (bicyclic) bond motifs is 1. The lowest BCUT2D eigenvalue weighted by Gasteiger charge is -1.98. The standard InChI is InChI=1S/C10H7FO/c11-10-3-1-2-7-4-5-8(12)6-9(7)10/h1-6,12H. The number of phenolic OH excluding ortho intramolecular Hbond substituents is 1. The second-order valence-electron chi connectivity index (χ2n) is 2.65. The molecule has 0 amide bonds. The average molecular weight is 162 g/mol. The fourth-order valence-corrected chi connectivity index (χ4v) is 1.22. The molecule has 0 aromatic heterocycles. The number of hydrogen-bond donors (Lipinski definition) is 1. The van der Waals surface area contributed by atoms with Crippen LogP contribution in [-0.4, -0.2) is 5.11 Å². The van der Waals surface area contributed by atoms with Gasteiger partial charge in [0.1, 0.15) is 11.6 Å². The molecule has 0 aliphatic heterocycles. The first-order chi connectivity index (χ1) is 5.77. The van der Waals surface area contributed by atoms with Gasteiger partial charge < -0.3 is 5.11 Å². The Morgan fingerprint density at radius 1 is 1.08 bits per heavy atom. The molecule has 0 bridgehead atoms. The van der Waals surface area contributed by atoms with Crippen LogP contribution in [0.1, 0.15) is 0 Å². The molecule has 0 aliphatic carbocycles. The molecule has 0 fully saturated rings. The second kappa shape index (κ2) is 2.48. The number of hydrogen-bond acceptors (Lipinski definition) is 1. The van der Waals surface area contributed by atoms with Crippen molar-refractivity contribution in [3.8, 4) is 5.75 Å². The Hall–Kier alpha value is -1.57. The molecule has 60 valence electrons. The molecule has 2 aromatic carbocycles. The number of halogens is 1. The van der Waals surface area contributed by atoms with E-state index in [2.05, 4.69) is 0 Å². The molecule has 0 heterocycles. The van der Waals surface area contributed by atoms with Crippen LogP contribution in [0.5, 0.6) is 5.75 Å². The molecule has 1 N–H and O–H groups in total. The third kappa shape index (κ3) is 1.01. The summed E-state index contributed by atoms with van der Waals surface area (Å²) in [7, 11) is 0. The maximum atomic E-state index is 13.1. The van der Waals surface area contributed by atoms with Crippen LogP contribution in [0.15, 0.2) is 36.4 Å². The third-order valence-electron chi connectivity index (χ3n) is 1.81. The lowest BCUT2D eigenvalue weighted by Crippen LogP contribution is -1.77. The highest BCUT2D eigenvalue weighted by molar-refractivity contribution is 5.84. The van der Waals surface area contributed by atoms with Crippen molar-refractivity contribution in [1.29, 1.82) is 0 Å². The first kappa shape index (κ1) is 7.10. The minimum Gasteiger partial charge on any atom is -0.508 e. The van der Waals surface area contributed by atoms with Gasteiger partial charge in [-0.15, -0.1) is 0 Å². The Labute approximate surface area is 69.1 Å². The van der Waals surface area contributed by atoms with Crippen molar-refractivity contribution in [2.24, 2.45) is 0 Å². The summed E-state index contributed by atoms with van der Waals surface area (Å²) in [6.45, 7) is 0. The van der Waals surface area contributed by atoms with Crippen LogP contribution in [0.4, 0.5) is 4.39 Å². The zero-order valence-electron chi connectivity index (χ0n) is 6.29. The van der Waals surface area contributed by atoms with Crippen LogP contribution in [0, 0.1) is 5.82 Å². The van der Waals surface area contributed by atoms with Gasteiger partial charge >= 0.3 is 0 Å². The largest absolute Gasteiger partial charge is 0.508 e. The molecule has 12 heavy (non-hydrogen) atoms. The van der Waals surface area contributed by atoms with Gasteiger partial charge in [0.2, 0.25) is 0 Å². The van der Waals surface area contributed by atoms with Crippen molar-refractivity contribution in [3.63, 3.8) is 0 Å². The smallest absolute Gasteiger partial charge is 0.131 e. The molecule has 2 heteroatoms. The fourth-order valence-electron chi connectivity index (χ4n) is 1.22. The molecular weight excluding hydrogens is 155 g/mol. The topological polar surface area (TPSA) is 20.2 Å². The highest BCUT2D eigenvalue weighted by Crippen LogP contribution is 2.21. The summed E-state index contributed by atoms with van der Waals surface area (Å²) in [5.74, 6) is -0.212. The number of phenols is 1. The van der Waals surface area contributed by atoms with Gasteiger partial charge in [-0.05, 0) is 23.6 Å². The van der Waals surface area contributed by atoms with Crippen LogP contribution in [0.3, 0.4) is 0 Å². The van der Waals surface area contributed by atoms with E-state index in [0.717, 1.165) is 5.39 Å². The zero-order chi connectivity index (χ0) is 8.55.